The molecule has 2 heteroatoms. The van der Waals surface area contributed by atoms with E-state index in [9.17, 15) is 0 Å². The number of rotatable bonds is 4. The molecule has 0 aromatic heterocycles. The molecular weight excluding hydrogens is 298 g/mol. The van der Waals surface area contributed by atoms with Crippen LogP contribution in [0.5, 0.6) is 0 Å². The van der Waals surface area contributed by atoms with Gasteiger partial charge in [0, 0.05) is 16.7 Å². The number of hydrogen-bond acceptors (Lipinski definition) is 1. The van der Waals surface area contributed by atoms with E-state index in [0.717, 1.165) is 12.5 Å². The number of hydrogen-bond donors (Lipinski definition) is 1. The maximum absolute atomic E-state index is 3.65. The van der Waals surface area contributed by atoms with Gasteiger partial charge >= 0.3 is 0 Å². The lowest BCUT2D eigenvalue weighted by molar-refractivity contribution is 1.03. The van der Waals surface area contributed by atoms with Crippen LogP contribution in [0.3, 0.4) is 0 Å². The summed E-state index contributed by atoms with van der Waals surface area (Å²) in [7, 11) is 0. The van der Waals surface area contributed by atoms with Gasteiger partial charge in [-0.25, -0.2) is 0 Å². The summed E-state index contributed by atoms with van der Waals surface area (Å²) in [6, 6.07) is 15.1. The van der Waals surface area contributed by atoms with E-state index >= 15 is 0 Å². The Balaban J connectivity index is 1.77. The molecule has 0 aliphatic heterocycles. The summed E-state index contributed by atoms with van der Waals surface area (Å²) in [5.41, 5.74) is 5.39. The summed E-state index contributed by atoms with van der Waals surface area (Å²) in [6.07, 6.45) is 2.70. The van der Waals surface area contributed by atoms with Crippen LogP contribution in [0.2, 0.25) is 0 Å². The van der Waals surface area contributed by atoms with Crippen molar-refractivity contribution in [1.29, 1.82) is 0 Å². The van der Waals surface area contributed by atoms with Gasteiger partial charge in [0.05, 0.1) is 0 Å². The highest BCUT2D eigenvalue weighted by molar-refractivity contribution is 9.10. The van der Waals surface area contributed by atoms with E-state index in [-0.39, 0.29) is 0 Å². The monoisotopic (exact) mass is 315 g/mol. The number of benzene rings is 2. The van der Waals surface area contributed by atoms with Crippen LogP contribution in [0.1, 0.15) is 35.4 Å². The van der Waals surface area contributed by atoms with Crippen molar-refractivity contribution in [3.05, 3.63) is 63.6 Å². The van der Waals surface area contributed by atoms with Gasteiger partial charge in [-0.05, 0) is 64.4 Å². The van der Waals surface area contributed by atoms with Crippen molar-refractivity contribution >= 4 is 21.6 Å². The molecule has 2 aromatic rings. The van der Waals surface area contributed by atoms with Gasteiger partial charge in [0.1, 0.15) is 0 Å². The normalized spacial score (nSPS) is 14.4. The molecule has 1 fully saturated rings. The second-order valence-corrected chi connectivity index (χ2v) is 6.06. The molecule has 1 saturated carbocycles. The average molecular weight is 316 g/mol. The number of halogens is 1. The molecule has 0 atom stereocenters. The van der Waals surface area contributed by atoms with E-state index in [1.54, 1.807) is 0 Å². The molecule has 0 unspecified atom stereocenters. The molecule has 1 aliphatic rings. The average Bonchev–Trinajstić information content (AvgIpc) is 3.25. The van der Waals surface area contributed by atoms with Crippen molar-refractivity contribution in [3.63, 3.8) is 0 Å². The lowest BCUT2D eigenvalue weighted by Crippen LogP contribution is -2.03. The fourth-order valence-electron chi connectivity index (χ4n) is 2.46. The standard InChI is InChI=1S/C17H18BrN/c1-12-5-4-8-16(17(12)18)19-11-14-6-2-3-7-15(14)13-9-10-13/h2-8,13,19H,9-11H2,1H3. The first-order chi connectivity index (χ1) is 9.25. The predicted octanol–water partition coefficient (Wildman–Crippen LogP) is 5.25. The van der Waals surface area contributed by atoms with Gasteiger partial charge in [-0.15, -0.1) is 0 Å². The van der Waals surface area contributed by atoms with Crippen LogP contribution in [0.15, 0.2) is 46.9 Å². The Bertz CT molecular complexity index is 588. The van der Waals surface area contributed by atoms with E-state index in [2.05, 4.69) is 70.6 Å². The maximum atomic E-state index is 3.65. The minimum Gasteiger partial charge on any atom is -0.380 e. The zero-order valence-corrected chi connectivity index (χ0v) is 12.7. The van der Waals surface area contributed by atoms with Crippen LogP contribution in [0.25, 0.3) is 0 Å². The molecule has 1 aliphatic carbocycles. The van der Waals surface area contributed by atoms with Crippen molar-refractivity contribution in [3.8, 4) is 0 Å². The predicted molar refractivity (Wildman–Crippen MR) is 84.6 cm³/mol. The molecular formula is C17H18BrN. The first-order valence-corrected chi connectivity index (χ1v) is 7.62. The Morgan fingerprint density at radius 3 is 2.68 bits per heavy atom. The lowest BCUT2D eigenvalue weighted by atomic mass is 10.0. The number of aryl methyl sites for hydroxylation is 1. The quantitative estimate of drug-likeness (QED) is 0.812. The highest BCUT2D eigenvalue weighted by Crippen LogP contribution is 2.41. The van der Waals surface area contributed by atoms with Gasteiger partial charge in [0.15, 0.2) is 0 Å². The van der Waals surface area contributed by atoms with E-state index < -0.39 is 0 Å². The minimum atomic E-state index is 0.805. The van der Waals surface area contributed by atoms with Crippen LogP contribution < -0.4 is 5.32 Å². The van der Waals surface area contributed by atoms with Gasteiger partial charge < -0.3 is 5.32 Å². The Kier molecular flexibility index (Phi) is 3.61. The summed E-state index contributed by atoms with van der Waals surface area (Å²) in [5, 5.41) is 3.55. The van der Waals surface area contributed by atoms with Crippen LogP contribution in [-0.2, 0) is 6.54 Å². The first kappa shape index (κ1) is 12.7. The summed E-state index contributed by atoms with van der Waals surface area (Å²) < 4.78 is 1.17. The van der Waals surface area contributed by atoms with Gasteiger partial charge in [-0.1, -0.05) is 36.4 Å². The summed E-state index contributed by atoms with van der Waals surface area (Å²) >= 11 is 3.65. The van der Waals surface area contributed by atoms with Gasteiger partial charge in [0.2, 0.25) is 0 Å². The van der Waals surface area contributed by atoms with E-state index in [0.29, 0.717) is 0 Å². The molecule has 0 spiro atoms. The summed E-state index contributed by atoms with van der Waals surface area (Å²) in [5.74, 6) is 0.805. The van der Waals surface area contributed by atoms with Crippen LogP contribution >= 0.6 is 15.9 Å². The summed E-state index contributed by atoms with van der Waals surface area (Å²) in [6.45, 7) is 3.02. The second-order valence-electron chi connectivity index (χ2n) is 5.26. The first-order valence-electron chi connectivity index (χ1n) is 6.82. The third kappa shape index (κ3) is 2.84. The Morgan fingerprint density at radius 2 is 1.89 bits per heavy atom. The molecule has 0 saturated heterocycles. The topological polar surface area (TPSA) is 12.0 Å². The van der Waals surface area contributed by atoms with E-state index in [1.165, 1.54) is 39.7 Å². The maximum Gasteiger partial charge on any atom is 0.0490 e. The van der Waals surface area contributed by atoms with Crippen LogP contribution in [-0.4, -0.2) is 0 Å². The summed E-state index contributed by atoms with van der Waals surface area (Å²) in [4.78, 5) is 0. The molecule has 0 bridgehead atoms. The molecule has 1 N–H and O–H groups in total. The molecule has 3 rings (SSSR count). The lowest BCUT2D eigenvalue weighted by Gasteiger charge is -2.13. The highest BCUT2D eigenvalue weighted by Gasteiger charge is 2.25. The number of anilines is 1. The van der Waals surface area contributed by atoms with Crippen LogP contribution in [0.4, 0.5) is 5.69 Å². The van der Waals surface area contributed by atoms with E-state index in [1.807, 2.05) is 0 Å². The van der Waals surface area contributed by atoms with Crippen LogP contribution in [0, 0.1) is 6.92 Å². The molecule has 0 radical (unpaired) electrons. The van der Waals surface area contributed by atoms with Crippen molar-refractivity contribution < 1.29 is 0 Å². The second kappa shape index (κ2) is 5.38. The zero-order chi connectivity index (χ0) is 13.2. The molecule has 1 nitrogen and oxygen atoms in total. The van der Waals surface area contributed by atoms with E-state index in [4.69, 9.17) is 0 Å². The molecule has 0 heterocycles. The van der Waals surface area contributed by atoms with Gasteiger partial charge in [-0.3, -0.25) is 0 Å². The van der Waals surface area contributed by atoms with Crippen molar-refractivity contribution in [2.75, 3.05) is 5.32 Å². The van der Waals surface area contributed by atoms with Crippen molar-refractivity contribution in [1.82, 2.24) is 0 Å². The van der Waals surface area contributed by atoms with Crippen molar-refractivity contribution in [2.24, 2.45) is 0 Å². The molecule has 2 aromatic carbocycles. The van der Waals surface area contributed by atoms with Gasteiger partial charge in [0.25, 0.3) is 0 Å². The molecule has 19 heavy (non-hydrogen) atoms. The Labute approximate surface area is 123 Å². The van der Waals surface area contributed by atoms with Crippen molar-refractivity contribution in [2.45, 2.75) is 32.2 Å². The number of nitrogens with one attached hydrogen (secondary N) is 1. The van der Waals surface area contributed by atoms with Gasteiger partial charge in [-0.2, -0.15) is 0 Å². The Hall–Kier alpha value is -1.28. The third-order valence-corrected chi connectivity index (χ3v) is 4.79. The Morgan fingerprint density at radius 1 is 1.11 bits per heavy atom. The highest BCUT2D eigenvalue weighted by atomic mass is 79.9. The molecule has 98 valence electrons. The largest absolute Gasteiger partial charge is 0.380 e. The fraction of sp³-hybridized carbons (Fsp3) is 0.294. The smallest absolute Gasteiger partial charge is 0.0490 e. The minimum absolute atomic E-state index is 0.805. The SMILES string of the molecule is Cc1cccc(NCc2ccccc2C2CC2)c1Br. The zero-order valence-electron chi connectivity index (χ0n) is 11.1. The molecule has 0 amide bonds. The third-order valence-electron chi connectivity index (χ3n) is 3.73. The fourth-order valence-corrected chi connectivity index (χ4v) is 2.87.